The van der Waals surface area contributed by atoms with Crippen LogP contribution in [0.1, 0.15) is 19.3 Å². The highest BCUT2D eigenvalue weighted by Crippen LogP contribution is 2.21. The second kappa shape index (κ2) is 4.99. The molecule has 0 saturated carbocycles. The van der Waals surface area contributed by atoms with Crippen molar-refractivity contribution in [3.05, 3.63) is 11.6 Å². The Labute approximate surface area is 78.1 Å². The standard InChI is InChI=1S/C9H16N2O2/c1-13-8-4-2-7(3-5-8)9(10)6-11-12/h2,6,8-9,12H,3-5,10H2,1H3/b11-6-. The molecule has 0 aromatic heterocycles. The summed E-state index contributed by atoms with van der Waals surface area (Å²) < 4.78 is 5.21. The van der Waals surface area contributed by atoms with Crippen LogP contribution in [0.25, 0.3) is 0 Å². The van der Waals surface area contributed by atoms with E-state index in [1.807, 2.05) is 0 Å². The fourth-order valence-electron chi connectivity index (χ4n) is 1.51. The van der Waals surface area contributed by atoms with Crippen molar-refractivity contribution in [1.82, 2.24) is 0 Å². The first-order valence-electron chi connectivity index (χ1n) is 4.42. The van der Waals surface area contributed by atoms with Crippen molar-refractivity contribution in [2.75, 3.05) is 7.11 Å². The monoisotopic (exact) mass is 184 g/mol. The molecule has 2 unspecified atom stereocenters. The maximum absolute atomic E-state index is 8.30. The molecular weight excluding hydrogens is 168 g/mol. The SMILES string of the molecule is COC1CC=C(C(N)/C=N\O)CC1. The smallest absolute Gasteiger partial charge is 0.0648 e. The maximum atomic E-state index is 8.30. The molecule has 0 fully saturated rings. The molecule has 0 aliphatic heterocycles. The average Bonchev–Trinajstić information content (AvgIpc) is 2.18. The van der Waals surface area contributed by atoms with E-state index >= 15 is 0 Å². The molecule has 74 valence electrons. The van der Waals surface area contributed by atoms with Gasteiger partial charge in [0.25, 0.3) is 0 Å². The third-order valence-electron chi connectivity index (χ3n) is 2.39. The minimum absolute atomic E-state index is 0.247. The Morgan fingerprint density at radius 1 is 1.85 bits per heavy atom. The molecule has 0 aromatic carbocycles. The van der Waals surface area contributed by atoms with Crippen LogP contribution in [0.4, 0.5) is 0 Å². The number of nitrogens with zero attached hydrogens (tertiary/aromatic N) is 1. The lowest BCUT2D eigenvalue weighted by molar-refractivity contribution is 0.0937. The second-order valence-corrected chi connectivity index (χ2v) is 3.20. The Hall–Kier alpha value is -0.870. The summed E-state index contributed by atoms with van der Waals surface area (Å²) in [7, 11) is 1.72. The Kier molecular flexibility index (Phi) is 3.92. The largest absolute Gasteiger partial charge is 0.411 e. The van der Waals surface area contributed by atoms with Crippen molar-refractivity contribution in [2.24, 2.45) is 10.9 Å². The third kappa shape index (κ3) is 2.82. The number of rotatable bonds is 3. The molecule has 13 heavy (non-hydrogen) atoms. The number of ether oxygens (including phenoxy) is 1. The predicted octanol–water partition coefficient (Wildman–Crippen LogP) is 0.899. The molecule has 0 aromatic rings. The summed E-state index contributed by atoms with van der Waals surface area (Å²) in [5.41, 5.74) is 6.86. The van der Waals surface area contributed by atoms with E-state index in [9.17, 15) is 0 Å². The summed E-state index contributed by atoms with van der Waals surface area (Å²) in [5.74, 6) is 0. The molecule has 1 aliphatic carbocycles. The van der Waals surface area contributed by atoms with Gasteiger partial charge in [0.2, 0.25) is 0 Å². The summed E-state index contributed by atoms with van der Waals surface area (Å²) in [5, 5.41) is 11.2. The minimum atomic E-state index is -0.247. The van der Waals surface area contributed by atoms with Crippen molar-refractivity contribution in [3.63, 3.8) is 0 Å². The van der Waals surface area contributed by atoms with Crippen molar-refractivity contribution in [3.8, 4) is 0 Å². The van der Waals surface area contributed by atoms with Gasteiger partial charge in [-0.3, -0.25) is 0 Å². The average molecular weight is 184 g/mol. The summed E-state index contributed by atoms with van der Waals surface area (Å²) >= 11 is 0. The summed E-state index contributed by atoms with van der Waals surface area (Å²) in [6.07, 6.45) is 6.56. The van der Waals surface area contributed by atoms with E-state index in [-0.39, 0.29) is 6.04 Å². The van der Waals surface area contributed by atoms with Crippen LogP contribution >= 0.6 is 0 Å². The molecule has 3 N–H and O–H groups in total. The van der Waals surface area contributed by atoms with Gasteiger partial charge in [-0.1, -0.05) is 11.6 Å². The number of oxime groups is 1. The zero-order chi connectivity index (χ0) is 9.68. The summed E-state index contributed by atoms with van der Waals surface area (Å²) in [4.78, 5) is 0. The Bertz CT molecular complexity index is 214. The van der Waals surface area contributed by atoms with Gasteiger partial charge in [0.15, 0.2) is 0 Å². The molecule has 1 aliphatic rings. The quantitative estimate of drug-likeness (QED) is 0.296. The van der Waals surface area contributed by atoms with Crippen molar-refractivity contribution in [2.45, 2.75) is 31.4 Å². The highest BCUT2D eigenvalue weighted by atomic mass is 16.5. The fraction of sp³-hybridized carbons (Fsp3) is 0.667. The van der Waals surface area contributed by atoms with Crippen molar-refractivity contribution in [1.29, 1.82) is 0 Å². The van der Waals surface area contributed by atoms with Gasteiger partial charge in [-0.15, -0.1) is 5.16 Å². The van der Waals surface area contributed by atoms with Crippen LogP contribution in [0.5, 0.6) is 0 Å². The van der Waals surface area contributed by atoms with E-state index in [4.69, 9.17) is 15.7 Å². The van der Waals surface area contributed by atoms with Gasteiger partial charge < -0.3 is 15.7 Å². The number of nitrogens with two attached hydrogens (primary N) is 1. The van der Waals surface area contributed by atoms with Gasteiger partial charge in [-0.05, 0) is 19.3 Å². The summed E-state index contributed by atoms with van der Waals surface area (Å²) in [6.45, 7) is 0. The van der Waals surface area contributed by atoms with Crippen LogP contribution in [-0.2, 0) is 4.74 Å². The lowest BCUT2D eigenvalue weighted by Gasteiger charge is -2.22. The highest BCUT2D eigenvalue weighted by molar-refractivity contribution is 5.68. The van der Waals surface area contributed by atoms with Gasteiger partial charge >= 0.3 is 0 Å². The van der Waals surface area contributed by atoms with Gasteiger partial charge in [-0.2, -0.15) is 0 Å². The van der Waals surface area contributed by atoms with Crippen molar-refractivity contribution >= 4 is 6.21 Å². The van der Waals surface area contributed by atoms with Crippen molar-refractivity contribution < 1.29 is 9.94 Å². The minimum Gasteiger partial charge on any atom is -0.411 e. The van der Waals surface area contributed by atoms with E-state index in [2.05, 4.69) is 11.2 Å². The number of hydrogen-bond donors (Lipinski definition) is 2. The molecule has 0 bridgehead atoms. The zero-order valence-electron chi connectivity index (χ0n) is 7.81. The van der Waals surface area contributed by atoms with E-state index in [1.165, 1.54) is 6.21 Å². The molecule has 2 atom stereocenters. The molecular formula is C9H16N2O2. The number of methoxy groups -OCH3 is 1. The Morgan fingerprint density at radius 2 is 2.62 bits per heavy atom. The van der Waals surface area contributed by atoms with Gasteiger partial charge in [0, 0.05) is 7.11 Å². The Morgan fingerprint density at radius 3 is 3.08 bits per heavy atom. The van der Waals surface area contributed by atoms with E-state index in [0.717, 1.165) is 24.8 Å². The van der Waals surface area contributed by atoms with E-state index in [1.54, 1.807) is 7.11 Å². The number of hydrogen-bond acceptors (Lipinski definition) is 4. The van der Waals surface area contributed by atoms with Crippen LogP contribution in [0, 0.1) is 0 Å². The van der Waals surface area contributed by atoms with Gasteiger partial charge in [-0.25, -0.2) is 0 Å². The van der Waals surface area contributed by atoms with Crippen LogP contribution in [0.2, 0.25) is 0 Å². The normalized spacial score (nSPS) is 26.0. The molecule has 0 spiro atoms. The molecule has 0 heterocycles. The lowest BCUT2D eigenvalue weighted by Crippen LogP contribution is -2.27. The molecule has 1 rings (SSSR count). The fourth-order valence-corrected chi connectivity index (χ4v) is 1.51. The van der Waals surface area contributed by atoms with E-state index in [0.29, 0.717) is 6.10 Å². The highest BCUT2D eigenvalue weighted by Gasteiger charge is 2.16. The Balaban J connectivity index is 2.49. The summed E-state index contributed by atoms with van der Waals surface area (Å²) in [6, 6.07) is -0.247. The van der Waals surface area contributed by atoms with Gasteiger partial charge in [0.05, 0.1) is 18.4 Å². The van der Waals surface area contributed by atoms with Crippen LogP contribution in [0.15, 0.2) is 16.8 Å². The molecule has 4 heteroatoms. The predicted molar refractivity (Wildman–Crippen MR) is 51.0 cm³/mol. The van der Waals surface area contributed by atoms with Gasteiger partial charge in [0.1, 0.15) is 0 Å². The van der Waals surface area contributed by atoms with Crippen LogP contribution in [-0.4, -0.2) is 30.7 Å². The first-order chi connectivity index (χ1) is 6.27. The molecule has 0 saturated heterocycles. The topological polar surface area (TPSA) is 67.8 Å². The zero-order valence-corrected chi connectivity index (χ0v) is 7.81. The molecule has 4 nitrogen and oxygen atoms in total. The van der Waals surface area contributed by atoms with Crippen LogP contribution < -0.4 is 5.73 Å². The lowest BCUT2D eigenvalue weighted by atomic mass is 9.93. The second-order valence-electron chi connectivity index (χ2n) is 3.20. The molecule has 0 amide bonds. The first-order valence-corrected chi connectivity index (χ1v) is 4.42. The molecule has 0 radical (unpaired) electrons. The first kappa shape index (κ1) is 10.2. The van der Waals surface area contributed by atoms with E-state index < -0.39 is 0 Å². The van der Waals surface area contributed by atoms with Crippen LogP contribution in [0.3, 0.4) is 0 Å². The third-order valence-corrected chi connectivity index (χ3v) is 2.39. The maximum Gasteiger partial charge on any atom is 0.0648 e.